The van der Waals surface area contributed by atoms with Gasteiger partial charge in [0.2, 0.25) is 0 Å². The molecule has 0 saturated carbocycles. The van der Waals surface area contributed by atoms with Crippen molar-refractivity contribution in [2.75, 3.05) is 13.6 Å². The molecule has 0 unspecified atom stereocenters. The molecule has 7 heteroatoms. The van der Waals surface area contributed by atoms with E-state index in [9.17, 15) is 14.4 Å². The molecule has 1 aliphatic heterocycles. The number of carbonyl (C=O) groups is 1. The van der Waals surface area contributed by atoms with Crippen LogP contribution < -0.4 is 16.0 Å². The van der Waals surface area contributed by atoms with Crippen LogP contribution >= 0.6 is 0 Å². The summed E-state index contributed by atoms with van der Waals surface area (Å²) in [7, 11) is 3.09. The SMILES string of the molecule is CN(C[C@H]1Cc2ccccc2O1)C(=O)c1cn(C)c(=O)[nH]c1=O. The van der Waals surface area contributed by atoms with E-state index < -0.39 is 17.2 Å². The minimum atomic E-state index is -0.680. The number of ether oxygens (including phenoxy) is 1. The summed E-state index contributed by atoms with van der Waals surface area (Å²) in [6, 6.07) is 7.74. The lowest BCUT2D eigenvalue weighted by atomic mass is 10.1. The van der Waals surface area contributed by atoms with Gasteiger partial charge in [0, 0.05) is 26.7 Å². The van der Waals surface area contributed by atoms with Gasteiger partial charge in [-0.3, -0.25) is 14.6 Å². The van der Waals surface area contributed by atoms with Crippen molar-refractivity contribution in [3.8, 4) is 5.75 Å². The number of hydrogen-bond donors (Lipinski definition) is 1. The summed E-state index contributed by atoms with van der Waals surface area (Å²) < 4.78 is 6.97. The lowest BCUT2D eigenvalue weighted by molar-refractivity contribution is 0.0727. The Morgan fingerprint density at radius 2 is 2.13 bits per heavy atom. The maximum Gasteiger partial charge on any atom is 0.328 e. The Hall–Kier alpha value is -2.83. The van der Waals surface area contributed by atoms with Crippen LogP contribution in [0.3, 0.4) is 0 Å². The van der Waals surface area contributed by atoms with E-state index in [1.807, 2.05) is 24.3 Å². The number of benzene rings is 1. The first-order valence-corrected chi connectivity index (χ1v) is 7.25. The molecular formula is C16H17N3O4. The fraction of sp³-hybridized carbons (Fsp3) is 0.312. The Bertz CT molecular complexity index is 843. The van der Waals surface area contributed by atoms with E-state index in [0.29, 0.717) is 6.54 Å². The number of nitrogens with one attached hydrogen (secondary N) is 1. The molecule has 0 spiro atoms. The third-order valence-electron chi connectivity index (χ3n) is 3.88. The normalized spacial score (nSPS) is 15.8. The molecule has 1 amide bonds. The molecule has 2 heterocycles. The highest BCUT2D eigenvalue weighted by molar-refractivity contribution is 5.93. The minimum absolute atomic E-state index is 0.0647. The summed E-state index contributed by atoms with van der Waals surface area (Å²) in [5.41, 5.74) is -0.187. The van der Waals surface area contributed by atoms with E-state index in [-0.39, 0.29) is 11.7 Å². The van der Waals surface area contributed by atoms with Crippen molar-refractivity contribution in [3.05, 3.63) is 62.4 Å². The zero-order valence-electron chi connectivity index (χ0n) is 12.9. The zero-order chi connectivity index (χ0) is 16.6. The van der Waals surface area contributed by atoms with Gasteiger partial charge in [0.1, 0.15) is 17.4 Å². The van der Waals surface area contributed by atoms with Crippen LogP contribution in [-0.4, -0.2) is 40.1 Å². The molecule has 1 atom stereocenters. The number of carbonyl (C=O) groups excluding carboxylic acids is 1. The smallest absolute Gasteiger partial charge is 0.328 e. The summed E-state index contributed by atoms with van der Waals surface area (Å²) in [5.74, 6) is 0.389. The largest absolute Gasteiger partial charge is 0.488 e. The first kappa shape index (κ1) is 15.1. The quantitative estimate of drug-likeness (QED) is 0.874. The number of hydrogen-bond acceptors (Lipinski definition) is 4. The van der Waals surface area contributed by atoms with Crippen molar-refractivity contribution in [2.45, 2.75) is 12.5 Å². The molecule has 2 aromatic rings. The van der Waals surface area contributed by atoms with Crippen LogP contribution in [0.1, 0.15) is 15.9 Å². The van der Waals surface area contributed by atoms with E-state index >= 15 is 0 Å². The van der Waals surface area contributed by atoms with Gasteiger partial charge in [-0.1, -0.05) is 18.2 Å². The van der Waals surface area contributed by atoms with Crippen LogP contribution in [0, 0.1) is 0 Å². The molecular weight excluding hydrogens is 298 g/mol. The molecule has 1 N–H and O–H groups in total. The second kappa shape index (κ2) is 5.75. The van der Waals surface area contributed by atoms with Crippen molar-refractivity contribution < 1.29 is 9.53 Å². The number of fused-ring (bicyclic) bond motifs is 1. The van der Waals surface area contributed by atoms with Crippen LogP contribution in [0.4, 0.5) is 0 Å². The van der Waals surface area contributed by atoms with Crippen LogP contribution in [0.25, 0.3) is 0 Å². The number of aromatic nitrogens is 2. The Morgan fingerprint density at radius 3 is 2.87 bits per heavy atom. The second-order valence-corrected chi connectivity index (χ2v) is 5.65. The lowest BCUT2D eigenvalue weighted by Crippen LogP contribution is -2.40. The van der Waals surface area contributed by atoms with E-state index in [4.69, 9.17) is 4.74 Å². The molecule has 0 aliphatic carbocycles. The van der Waals surface area contributed by atoms with Crippen LogP contribution in [0.5, 0.6) is 5.75 Å². The summed E-state index contributed by atoms with van der Waals surface area (Å²) >= 11 is 0. The Morgan fingerprint density at radius 1 is 1.39 bits per heavy atom. The van der Waals surface area contributed by atoms with Crippen molar-refractivity contribution in [1.82, 2.24) is 14.5 Å². The molecule has 0 radical (unpaired) electrons. The highest BCUT2D eigenvalue weighted by Gasteiger charge is 2.26. The molecule has 0 saturated heterocycles. The van der Waals surface area contributed by atoms with Gasteiger partial charge < -0.3 is 14.2 Å². The van der Waals surface area contributed by atoms with Gasteiger partial charge in [-0.15, -0.1) is 0 Å². The topological polar surface area (TPSA) is 84.4 Å². The van der Waals surface area contributed by atoms with E-state index in [1.165, 1.54) is 22.7 Å². The lowest BCUT2D eigenvalue weighted by Gasteiger charge is -2.21. The summed E-state index contributed by atoms with van der Waals surface area (Å²) in [4.78, 5) is 39.1. The molecule has 0 bridgehead atoms. The number of rotatable bonds is 3. The predicted molar refractivity (Wildman–Crippen MR) is 83.8 cm³/mol. The third-order valence-corrected chi connectivity index (χ3v) is 3.88. The maximum absolute atomic E-state index is 12.4. The summed E-state index contributed by atoms with van der Waals surface area (Å²) in [5, 5.41) is 0. The molecule has 23 heavy (non-hydrogen) atoms. The number of aryl methyl sites for hydroxylation is 1. The second-order valence-electron chi connectivity index (χ2n) is 5.65. The van der Waals surface area contributed by atoms with Gasteiger partial charge in [-0.25, -0.2) is 4.79 Å². The third kappa shape index (κ3) is 2.90. The fourth-order valence-corrected chi connectivity index (χ4v) is 2.67. The zero-order valence-corrected chi connectivity index (χ0v) is 12.9. The van der Waals surface area contributed by atoms with Gasteiger partial charge in [0.15, 0.2) is 0 Å². The number of likely N-dealkylation sites (N-methyl/N-ethyl adjacent to an activating group) is 1. The van der Waals surface area contributed by atoms with Crippen molar-refractivity contribution in [3.63, 3.8) is 0 Å². The Kier molecular flexibility index (Phi) is 3.77. The van der Waals surface area contributed by atoms with Crippen LogP contribution in [0.15, 0.2) is 40.1 Å². The molecule has 1 aromatic heterocycles. The fourth-order valence-electron chi connectivity index (χ4n) is 2.67. The van der Waals surface area contributed by atoms with Gasteiger partial charge in [-0.05, 0) is 11.6 Å². The van der Waals surface area contributed by atoms with Crippen LogP contribution in [0.2, 0.25) is 0 Å². The summed E-state index contributed by atoms with van der Waals surface area (Å²) in [6.07, 6.45) is 1.83. The van der Waals surface area contributed by atoms with Gasteiger partial charge in [0.05, 0.1) is 6.54 Å². The Balaban J connectivity index is 1.73. The average molecular weight is 315 g/mol. The predicted octanol–water partition coefficient (Wildman–Crippen LogP) is 0.149. The van der Waals surface area contributed by atoms with E-state index in [0.717, 1.165) is 17.7 Å². The molecule has 1 aromatic carbocycles. The standard InChI is InChI=1S/C16H17N3O4/c1-18(8-11-7-10-5-3-4-6-13(10)23-11)15(21)12-9-19(2)16(22)17-14(12)20/h3-6,9,11H,7-8H2,1-2H3,(H,17,20,22)/t11-/m1/s1. The number of para-hydroxylation sites is 1. The minimum Gasteiger partial charge on any atom is -0.488 e. The monoisotopic (exact) mass is 315 g/mol. The Labute approximate surface area is 132 Å². The molecule has 7 nitrogen and oxygen atoms in total. The van der Waals surface area contributed by atoms with Gasteiger partial charge in [-0.2, -0.15) is 0 Å². The van der Waals surface area contributed by atoms with Crippen molar-refractivity contribution in [2.24, 2.45) is 7.05 Å². The molecule has 3 rings (SSSR count). The number of aromatic amines is 1. The number of H-pyrrole nitrogens is 1. The van der Waals surface area contributed by atoms with Crippen LogP contribution in [-0.2, 0) is 13.5 Å². The average Bonchev–Trinajstić information content (AvgIpc) is 2.92. The maximum atomic E-state index is 12.4. The highest BCUT2D eigenvalue weighted by Crippen LogP contribution is 2.28. The first-order valence-electron chi connectivity index (χ1n) is 7.25. The summed E-state index contributed by atoms with van der Waals surface area (Å²) in [6.45, 7) is 0.357. The highest BCUT2D eigenvalue weighted by atomic mass is 16.5. The molecule has 0 fully saturated rings. The van der Waals surface area contributed by atoms with Gasteiger partial charge >= 0.3 is 5.69 Å². The first-order chi connectivity index (χ1) is 11.0. The molecule has 120 valence electrons. The molecule has 1 aliphatic rings. The van der Waals surface area contributed by atoms with E-state index in [1.54, 1.807) is 7.05 Å². The number of amides is 1. The number of nitrogens with zero attached hydrogens (tertiary/aromatic N) is 2. The van der Waals surface area contributed by atoms with Gasteiger partial charge in [0.25, 0.3) is 11.5 Å². The van der Waals surface area contributed by atoms with E-state index in [2.05, 4.69) is 4.98 Å². The van der Waals surface area contributed by atoms with Crippen molar-refractivity contribution >= 4 is 5.91 Å². The van der Waals surface area contributed by atoms with Crippen molar-refractivity contribution in [1.29, 1.82) is 0 Å².